The van der Waals surface area contributed by atoms with Crippen molar-refractivity contribution in [2.24, 2.45) is 0 Å². The molecule has 4 amide bonds. The van der Waals surface area contributed by atoms with Gasteiger partial charge in [0.05, 0.1) is 0 Å². The quantitative estimate of drug-likeness (QED) is 0.300. The van der Waals surface area contributed by atoms with E-state index in [0.717, 1.165) is 103 Å². The molecule has 0 unspecified atom stereocenters. The molecule has 198 valence electrons. The molecule has 0 atom stereocenters. The van der Waals surface area contributed by atoms with Crippen LogP contribution in [0.25, 0.3) is 0 Å². The average molecular weight is 658 g/mol. The van der Waals surface area contributed by atoms with Crippen molar-refractivity contribution in [1.82, 2.24) is 21.3 Å². The Bertz CT molecular complexity index is 429. The third kappa shape index (κ3) is 22.9. The average Bonchev–Trinajstić information content (AvgIpc) is 3.35. The standard InChI is InChI=1S/4C6H11NO.2Rh/c4*8-6-4-2-1-3-5-7-6;;/h4*1-5H2,(H,7,8);;/q;;;;2*+2. The van der Waals surface area contributed by atoms with Crippen LogP contribution < -0.4 is 21.3 Å². The first-order valence-corrected chi connectivity index (χ1v) is 12.6. The minimum absolute atomic E-state index is 0. The van der Waals surface area contributed by atoms with Gasteiger partial charge in [-0.3, -0.25) is 19.2 Å². The monoisotopic (exact) mass is 658 g/mol. The fraction of sp³-hybridized carbons (Fsp3) is 0.833. The van der Waals surface area contributed by atoms with Gasteiger partial charge in [0.25, 0.3) is 0 Å². The molecule has 34 heavy (non-hydrogen) atoms. The van der Waals surface area contributed by atoms with Gasteiger partial charge >= 0.3 is 39.0 Å². The summed E-state index contributed by atoms with van der Waals surface area (Å²) in [5, 5.41) is 11.2. The summed E-state index contributed by atoms with van der Waals surface area (Å²) in [7, 11) is 0. The van der Waals surface area contributed by atoms with Gasteiger partial charge in [-0.1, -0.05) is 25.7 Å². The zero-order valence-corrected chi connectivity index (χ0v) is 23.7. The van der Waals surface area contributed by atoms with Gasteiger partial charge in [0.2, 0.25) is 23.6 Å². The third-order valence-electron chi connectivity index (χ3n) is 5.61. The maximum absolute atomic E-state index is 10.6. The number of rotatable bonds is 0. The Kier molecular flexibility index (Phi) is 26.2. The predicted octanol–water partition coefficient (Wildman–Crippen LogP) is 2.70. The van der Waals surface area contributed by atoms with Crippen LogP contribution in [0.2, 0.25) is 0 Å². The van der Waals surface area contributed by atoms with Gasteiger partial charge in [0, 0.05) is 51.9 Å². The van der Waals surface area contributed by atoms with E-state index in [1.54, 1.807) is 0 Å². The van der Waals surface area contributed by atoms with Crippen LogP contribution >= 0.6 is 0 Å². The molecule has 0 aliphatic carbocycles. The van der Waals surface area contributed by atoms with E-state index in [1.165, 1.54) is 25.7 Å². The molecule has 0 aromatic rings. The topological polar surface area (TPSA) is 116 Å². The molecule has 4 rings (SSSR count). The Morgan fingerprint density at radius 1 is 0.324 bits per heavy atom. The maximum atomic E-state index is 10.6. The zero-order valence-electron chi connectivity index (χ0n) is 20.4. The summed E-state index contributed by atoms with van der Waals surface area (Å²) in [5.74, 6) is 0.898. The van der Waals surface area contributed by atoms with Crippen molar-refractivity contribution in [1.29, 1.82) is 0 Å². The van der Waals surface area contributed by atoms with Crippen molar-refractivity contribution < 1.29 is 58.1 Å². The van der Waals surface area contributed by atoms with Crippen molar-refractivity contribution in [2.75, 3.05) is 26.2 Å². The normalized spacial score (nSPS) is 20.5. The number of carbonyl (C=O) groups is 4. The van der Waals surface area contributed by atoms with Crippen LogP contribution in [-0.2, 0) is 58.1 Å². The molecule has 0 bridgehead atoms. The molecule has 10 heteroatoms. The molecule has 4 fully saturated rings. The summed E-state index contributed by atoms with van der Waals surface area (Å²) in [6.45, 7) is 3.55. The van der Waals surface area contributed by atoms with Crippen molar-refractivity contribution in [2.45, 2.75) is 103 Å². The molecule has 4 saturated heterocycles. The van der Waals surface area contributed by atoms with Gasteiger partial charge in [0.15, 0.2) is 0 Å². The van der Waals surface area contributed by atoms with E-state index in [1.807, 2.05) is 0 Å². The van der Waals surface area contributed by atoms with Crippen LogP contribution in [-0.4, -0.2) is 49.8 Å². The molecule has 4 N–H and O–H groups in total. The second-order valence-corrected chi connectivity index (χ2v) is 8.64. The van der Waals surface area contributed by atoms with Crippen molar-refractivity contribution in [3.63, 3.8) is 0 Å². The Labute approximate surface area is 231 Å². The second kappa shape index (κ2) is 25.2. The molecule has 0 aromatic carbocycles. The van der Waals surface area contributed by atoms with E-state index in [2.05, 4.69) is 21.3 Å². The van der Waals surface area contributed by atoms with Gasteiger partial charge < -0.3 is 21.3 Å². The zero-order chi connectivity index (χ0) is 23.3. The predicted molar refractivity (Wildman–Crippen MR) is 126 cm³/mol. The number of amides is 4. The number of hydrogen-bond donors (Lipinski definition) is 4. The van der Waals surface area contributed by atoms with Crippen LogP contribution in [0.15, 0.2) is 0 Å². The SMILES string of the molecule is O=C1CCCCCN1.O=C1CCCCCN1.O=C1CCCCCN1.O=C1CCCCCN1.[Rh+2].[Rh+2]. The van der Waals surface area contributed by atoms with Gasteiger partial charge in [-0.05, 0) is 51.4 Å². The fourth-order valence-corrected chi connectivity index (χ4v) is 3.61. The third-order valence-corrected chi connectivity index (χ3v) is 5.61. The maximum Gasteiger partial charge on any atom is 2.00 e. The summed E-state index contributed by atoms with van der Waals surface area (Å²) < 4.78 is 0. The van der Waals surface area contributed by atoms with Gasteiger partial charge in [-0.2, -0.15) is 0 Å². The van der Waals surface area contributed by atoms with E-state index < -0.39 is 0 Å². The number of nitrogens with one attached hydrogen (secondary N) is 4. The summed E-state index contributed by atoms with van der Waals surface area (Å²) >= 11 is 0. The molecule has 4 heterocycles. The second-order valence-electron chi connectivity index (χ2n) is 8.64. The van der Waals surface area contributed by atoms with Crippen LogP contribution in [0.3, 0.4) is 0 Å². The van der Waals surface area contributed by atoms with E-state index in [-0.39, 0.29) is 62.6 Å². The first-order valence-electron chi connectivity index (χ1n) is 12.6. The summed E-state index contributed by atoms with van der Waals surface area (Å²) in [4.78, 5) is 42.3. The fourth-order valence-electron chi connectivity index (χ4n) is 3.61. The first kappa shape index (κ1) is 35.3. The smallest absolute Gasteiger partial charge is 0.356 e. The van der Waals surface area contributed by atoms with Gasteiger partial charge in [-0.25, -0.2) is 0 Å². The Morgan fingerprint density at radius 3 is 0.735 bits per heavy atom. The molecule has 2 radical (unpaired) electrons. The minimum atomic E-state index is 0. The van der Waals surface area contributed by atoms with Crippen LogP contribution in [0.4, 0.5) is 0 Å². The molecule has 4 aliphatic rings. The molecule has 8 nitrogen and oxygen atoms in total. The largest absolute Gasteiger partial charge is 2.00 e. The van der Waals surface area contributed by atoms with E-state index in [9.17, 15) is 19.2 Å². The van der Waals surface area contributed by atoms with Gasteiger partial charge in [-0.15, -0.1) is 0 Å². The van der Waals surface area contributed by atoms with Gasteiger partial charge in [0.1, 0.15) is 0 Å². The van der Waals surface area contributed by atoms with Crippen molar-refractivity contribution in [3.8, 4) is 0 Å². The van der Waals surface area contributed by atoms with E-state index in [0.29, 0.717) is 0 Å². The molecule has 0 spiro atoms. The number of carbonyl (C=O) groups excluding carboxylic acids is 4. The molecular weight excluding hydrogens is 614 g/mol. The molecule has 4 aliphatic heterocycles. The van der Waals surface area contributed by atoms with Crippen LogP contribution in [0.1, 0.15) is 103 Å². The van der Waals surface area contributed by atoms with Crippen molar-refractivity contribution in [3.05, 3.63) is 0 Å². The minimum Gasteiger partial charge on any atom is -0.356 e. The Balaban J connectivity index is 0. The van der Waals surface area contributed by atoms with Crippen LogP contribution in [0.5, 0.6) is 0 Å². The summed E-state index contributed by atoms with van der Waals surface area (Å²) in [6.07, 6.45) is 16.7. The van der Waals surface area contributed by atoms with E-state index in [4.69, 9.17) is 0 Å². The summed E-state index contributed by atoms with van der Waals surface area (Å²) in [5.41, 5.74) is 0. The molecule has 0 aromatic heterocycles. The van der Waals surface area contributed by atoms with Crippen LogP contribution in [0, 0.1) is 0 Å². The van der Waals surface area contributed by atoms with Crippen molar-refractivity contribution >= 4 is 23.6 Å². The Hall–Kier alpha value is -0.873. The van der Waals surface area contributed by atoms with E-state index >= 15 is 0 Å². The Morgan fingerprint density at radius 2 is 0.529 bits per heavy atom. The summed E-state index contributed by atoms with van der Waals surface area (Å²) in [6, 6.07) is 0. The molecule has 0 saturated carbocycles. The molecular formula is C24H44N4O4Rh2+4. The first-order chi connectivity index (χ1) is 15.6. The number of hydrogen-bond acceptors (Lipinski definition) is 4.